The largest absolute Gasteiger partial charge is 0.390 e. The Balaban J connectivity index is 1.62. The van der Waals surface area contributed by atoms with E-state index in [0.717, 1.165) is 16.8 Å². The summed E-state index contributed by atoms with van der Waals surface area (Å²) in [5, 5.41) is 15.5. The molecule has 1 N–H and O–H groups in total. The van der Waals surface area contributed by atoms with Crippen molar-refractivity contribution in [2.45, 2.75) is 25.2 Å². The SMILES string of the molecule is C=CCOC[C@H](O)CN(Cc1ccc(F)cc1)C[C@H]1CC(c2ccc(Cl)c(Cl)c2)=NO1. The molecular weight excluding hydrogens is 442 g/mol. The molecule has 0 unspecified atom stereocenters. The Morgan fingerprint density at radius 3 is 2.74 bits per heavy atom. The Morgan fingerprint density at radius 2 is 2.03 bits per heavy atom. The summed E-state index contributed by atoms with van der Waals surface area (Å²) in [4.78, 5) is 7.69. The number of rotatable bonds is 11. The van der Waals surface area contributed by atoms with Crippen LogP contribution in [0.15, 0.2) is 60.3 Å². The maximum absolute atomic E-state index is 13.3. The van der Waals surface area contributed by atoms with Crippen LogP contribution in [0.4, 0.5) is 4.39 Å². The molecule has 0 bridgehead atoms. The van der Waals surface area contributed by atoms with Crippen LogP contribution < -0.4 is 0 Å². The number of nitrogens with zero attached hydrogens (tertiary/aromatic N) is 2. The summed E-state index contributed by atoms with van der Waals surface area (Å²) >= 11 is 12.1. The lowest BCUT2D eigenvalue weighted by Crippen LogP contribution is -2.39. The molecule has 0 amide bonds. The van der Waals surface area contributed by atoms with Crippen molar-refractivity contribution in [3.63, 3.8) is 0 Å². The second kappa shape index (κ2) is 11.6. The van der Waals surface area contributed by atoms with E-state index in [0.29, 0.717) is 42.7 Å². The van der Waals surface area contributed by atoms with Crippen LogP contribution in [-0.2, 0) is 16.1 Å². The van der Waals surface area contributed by atoms with E-state index in [9.17, 15) is 9.50 Å². The highest BCUT2D eigenvalue weighted by Gasteiger charge is 2.26. The Labute approximate surface area is 191 Å². The van der Waals surface area contributed by atoms with Crippen LogP contribution in [0.5, 0.6) is 0 Å². The number of hydrogen-bond acceptors (Lipinski definition) is 5. The average molecular weight is 467 g/mol. The number of aliphatic hydroxyl groups excluding tert-OH is 1. The summed E-state index contributed by atoms with van der Waals surface area (Å²) in [6.45, 7) is 5.61. The second-order valence-corrected chi connectivity index (χ2v) is 8.21. The van der Waals surface area contributed by atoms with Crippen LogP contribution in [-0.4, -0.2) is 54.2 Å². The summed E-state index contributed by atoms with van der Waals surface area (Å²) < 4.78 is 18.6. The smallest absolute Gasteiger partial charge is 0.145 e. The highest BCUT2D eigenvalue weighted by atomic mass is 35.5. The Hall–Kier alpha value is -1.96. The van der Waals surface area contributed by atoms with Gasteiger partial charge < -0.3 is 14.7 Å². The molecule has 2 atom stereocenters. The number of ether oxygens (including phenoxy) is 1. The molecule has 166 valence electrons. The predicted octanol–water partition coefficient (Wildman–Crippen LogP) is 4.69. The highest BCUT2D eigenvalue weighted by Crippen LogP contribution is 2.26. The third-order valence-electron chi connectivity index (χ3n) is 4.78. The molecule has 5 nitrogen and oxygen atoms in total. The monoisotopic (exact) mass is 466 g/mol. The summed E-state index contributed by atoms with van der Waals surface area (Å²) in [6, 6.07) is 11.7. The minimum absolute atomic E-state index is 0.189. The van der Waals surface area contributed by atoms with E-state index < -0.39 is 6.10 Å². The first kappa shape index (κ1) is 23.7. The molecule has 2 aromatic rings. The van der Waals surface area contributed by atoms with E-state index >= 15 is 0 Å². The maximum Gasteiger partial charge on any atom is 0.145 e. The number of benzene rings is 2. The molecule has 31 heavy (non-hydrogen) atoms. The van der Waals surface area contributed by atoms with Crippen molar-refractivity contribution in [3.05, 3.63) is 82.1 Å². The third-order valence-corrected chi connectivity index (χ3v) is 5.52. The minimum atomic E-state index is -0.683. The van der Waals surface area contributed by atoms with Crippen molar-refractivity contribution in [2.24, 2.45) is 5.16 Å². The van der Waals surface area contributed by atoms with Gasteiger partial charge in [0.1, 0.15) is 11.9 Å². The molecule has 0 spiro atoms. The van der Waals surface area contributed by atoms with Crippen molar-refractivity contribution in [3.8, 4) is 0 Å². The molecule has 1 aliphatic heterocycles. The van der Waals surface area contributed by atoms with Crippen LogP contribution in [0.25, 0.3) is 0 Å². The van der Waals surface area contributed by atoms with Gasteiger partial charge in [0.2, 0.25) is 0 Å². The molecule has 2 aromatic carbocycles. The molecule has 0 aromatic heterocycles. The normalized spacial score (nSPS) is 16.8. The highest BCUT2D eigenvalue weighted by molar-refractivity contribution is 6.42. The van der Waals surface area contributed by atoms with Crippen LogP contribution in [0.2, 0.25) is 10.0 Å². The molecule has 0 saturated heterocycles. The molecule has 3 rings (SSSR count). The van der Waals surface area contributed by atoms with E-state index in [2.05, 4.69) is 11.7 Å². The van der Waals surface area contributed by atoms with Crippen molar-refractivity contribution >= 4 is 28.9 Å². The molecule has 1 heterocycles. The number of hydrogen-bond donors (Lipinski definition) is 1. The Bertz CT molecular complexity index is 908. The Kier molecular flexibility index (Phi) is 8.87. The van der Waals surface area contributed by atoms with E-state index in [1.165, 1.54) is 12.1 Å². The van der Waals surface area contributed by atoms with Crippen molar-refractivity contribution in [2.75, 3.05) is 26.3 Å². The van der Waals surface area contributed by atoms with Crippen LogP contribution in [0.3, 0.4) is 0 Å². The van der Waals surface area contributed by atoms with Gasteiger partial charge in [-0.05, 0) is 29.8 Å². The maximum atomic E-state index is 13.3. The molecule has 8 heteroatoms. The third kappa shape index (κ3) is 7.30. The van der Waals surface area contributed by atoms with Gasteiger partial charge in [0.05, 0.1) is 35.1 Å². The van der Waals surface area contributed by atoms with Gasteiger partial charge >= 0.3 is 0 Å². The van der Waals surface area contributed by atoms with Gasteiger partial charge in [0.15, 0.2) is 0 Å². The molecule has 0 fully saturated rings. The summed E-state index contributed by atoms with van der Waals surface area (Å²) in [7, 11) is 0. The number of aliphatic hydroxyl groups is 1. The predicted molar refractivity (Wildman–Crippen MR) is 121 cm³/mol. The fraction of sp³-hybridized carbons (Fsp3) is 0.348. The zero-order valence-corrected chi connectivity index (χ0v) is 18.5. The second-order valence-electron chi connectivity index (χ2n) is 7.40. The lowest BCUT2D eigenvalue weighted by Gasteiger charge is -2.27. The molecule has 1 aliphatic rings. The van der Waals surface area contributed by atoms with E-state index in [-0.39, 0.29) is 18.5 Å². The van der Waals surface area contributed by atoms with Gasteiger partial charge in [-0.15, -0.1) is 6.58 Å². The van der Waals surface area contributed by atoms with Gasteiger partial charge in [-0.1, -0.05) is 52.6 Å². The summed E-state index contributed by atoms with van der Waals surface area (Å²) in [5.41, 5.74) is 2.59. The van der Waals surface area contributed by atoms with E-state index in [1.54, 1.807) is 30.3 Å². The van der Waals surface area contributed by atoms with Gasteiger partial charge in [0.25, 0.3) is 0 Å². The van der Waals surface area contributed by atoms with Crippen molar-refractivity contribution < 1.29 is 19.1 Å². The standard InChI is InChI=1S/C23H25Cl2FN2O3/c1-2-9-30-15-19(29)13-28(12-16-3-6-18(26)7-4-16)14-20-11-23(27-31-20)17-5-8-21(24)22(25)10-17/h2-8,10,19-20,29H,1,9,11-15H2/t19-,20-/m1/s1. The molecule has 0 saturated carbocycles. The van der Waals surface area contributed by atoms with Crippen molar-refractivity contribution in [1.82, 2.24) is 4.90 Å². The zero-order valence-electron chi connectivity index (χ0n) is 17.0. The minimum Gasteiger partial charge on any atom is -0.390 e. The first-order valence-electron chi connectivity index (χ1n) is 9.96. The first-order valence-corrected chi connectivity index (χ1v) is 10.7. The fourth-order valence-corrected chi connectivity index (χ4v) is 3.65. The Morgan fingerprint density at radius 1 is 1.26 bits per heavy atom. The van der Waals surface area contributed by atoms with Crippen molar-refractivity contribution in [1.29, 1.82) is 0 Å². The van der Waals surface area contributed by atoms with Crippen LogP contribution >= 0.6 is 23.2 Å². The first-order chi connectivity index (χ1) is 14.9. The summed E-state index contributed by atoms with van der Waals surface area (Å²) in [5.74, 6) is -0.285. The van der Waals surface area contributed by atoms with Gasteiger partial charge in [-0.3, -0.25) is 4.90 Å². The van der Waals surface area contributed by atoms with Gasteiger partial charge in [0, 0.05) is 31.6 Å². The lowest BCUT2D eigenvalue weighted by molar-refractivity contribution is 0.00335. The van der Waals surface area contributed by atoms with Crippen LogP contribution in [0.1, 0.15) is 17.5 Å². The fourth-order valence-electron chi connectivity index (χ4n) is 3.35. The number of halogens is 3. The van der Waals surface area contributed by atoms with Gasteiger partial charge in [-0.2, -0.15) is 0 Å². The molecule has 0 radical (unpaired) electrons. The topological polar surface area (TPSA) is 54.3 Å². The van der Waals surface area contributed by atoms with E-state index in [4.69, 9.17) is 32.8 Å². The molecule has 0 aliphatic carbocycles. The molecular formula is C23H25Cl2FN2O3. The summed E-state index contributed by atoms with van der Waals surface area (Å²) in [6.07, 6.45) is 1.36. The van der Waals surface area contributed by atoms with E-state index in [1.807, 2.05) is 11.0 Å². The quantitative estimate of drug-likeness (QED) is 0.385. The average Bonchev–Trinajstić information content (AvgIpc) is 3.20. The van der Waals surface area contributed by atoms with Gasteiger partial charge in [-0.25, -0.2) is 4.39 Å². The lowest BCUT2D eigenvalue weighted by atomic mass is 10.0. The number of oxime groups is 1. The van der Waals surface area contributed by atoms with Crippen LogP contribution in [0, 0.1) is 5.82 Å². The zero-order chi connectivity index (χ0) is 22.2.